The molecule has 1 aliphatic heterocycles. The number of nitrogens with one attached hydrogen (secondary N) is 1. The Hall–Kier alpha value is -1.81. The molecule has 2 aromatic rings. The lowest BCUT2D eigenvalue weighted by Gasteiger charge is -2.15. The maximum Gasteiger partial charge on any atom is 0.222 e. The minimum Gasteiger partial charge on any atom is -0.461 e. The molecule has 0 bridgehead atoms. The van der Waals surface area contributed by atoms with Gasteiger partial charge in [0, 0.05) is 30.0 Å². The van der Waals surface area contributed by atoms with E-state index in [2.05, 4.69) is 5.32 Å². The van der Waals surface area contributed by atoms with Crippen molar-refractivity contribution in [3.63, 3.8) is 0 Å². The number of furan rings is 1. The molecule has 3 rings (SSSR count). The van der Waals surface area contributed by atoms with Gasteiger partial charge < -0.3 is 15.5 Å². The van der Waals surface area contributed by atoms with E-state index >= 15 is 0 Å². The minimum absolute atomic E-state index is 0.117. The van der Waals surface area contributed by atoms with Crippen molar-refractivity contribution in [1.82, 2.24) is 5.32 Å². The van der Waals surface area contributed by atoms with Crippen molar-refractivity contribution in [3.8, 4) is 0 Å². The average molecular weight is 244 g/mol. The molecule has 2 unspecified atom stereocenters. The number of benzene rings is 1. The van der Waals surface area contributed by atoms with Crippen LogP contribution in [0.3, 0.4) is 0 Å². The summed E-state index contributed by atoms with van der Waals surface area (Å²) in [7, 11) is 0. The van der Waals surface area contributed by atoms with E-state index in [9.17, 15) is 4.79 Å². The van der Waals surface area contributed by atoms with Crippen LogP contribution < -0.4 is 11.1 Å². The summed E-state index contributed by atoms with van der Waals surface area (Å²) in [6.07, 6.45) is 0. The highest BCUT2D eigenvalue weighted by Crippen LogP contribution is 2.37. The van der Waals surface area contributed by atoms with Gasteiger partial charge >= 0.3 is 0 Å². The fraction of sp³-hybridized carbons (Fsp3) is 0.357. The van der Waals surface area contributed by atoms with E-state index in [-0.39, 0.29) is 17.7 Å². The highest BCUT2D eigenvalue weighted by Gasteiger charge is 2.35. The van der Waals surface area contributed by atoms with Crippen LogP contribution >= 0.6 is 0 Å². The first kappa shape index (κ1) is 11.3. The van der Waals surface area contributed by atoms with Crippen LogP contribution in [0.2, 0.25) is 0 Å². The number of nitrogens with two attached hydrogens (primary N) is 1. The molecule has 1 aromatic heterocycles. The van der Waals surface area contributed by atoms with E-state index in [0.29, 0.717) is 6.54 Å². The molecule has 1 fully saturated rings. The van der Waals surface area contributed by atoms with Crippen molar-refractivity contribution in [2.75, 3.05) is 13.1 Å². The van der Waals surface area contributed by atoms with Crippen molar-refractivity contribution in [3.05, 3.63) is 35.6 Å². The summed E-state index contributed by atoms with van der Waals surface area (Å²) < 4.78 is 5.76. The number of para-hydroxylation sites is 1. The van der Waals surface area contributed by atoms with Crippen LogP contribution in [0.1, 0.15) is 17.2 Å². The topological polar surface area (TPSA) is 68.3 Å². The van der Waals surface area contributed by atoms with Crippen LogP contribution in [0.4, 0.5) is 0 Å². The smallest absolute Gasteiger partial charge is 0.222 e. The Morgan fingerprint density at radius 2 is 2.17 bits per heavy atom. The van der Waals surface area contributed by atoms with Gasteiger partial charge in [0.05, 0.1) is 5.92 Å². The molecule has 3 N–H and O–H groups in total. The number of hydrogen-bond acceptors (Lipinski definition) is 3. The van der Waals surface area contributed by atoms with Gasteiger partial charge in [-0.05, 0) is 13.0 Å². The molecule has 2 heterocycles. The second-order valence-corrected chi connectivity index (χ2v) is 4.84. The van der Waals surface area contributed by atoms with Crippen molar-refractivity contribution < 1.29 is 9.21 Å². The first-order valence-corrected chi connectivity index (χ1v) is 6.16. The van der Waals surface area contributed by atoms with E-state index in [4.69, 9.17) is 10.2 Å². The normalized spacial score (nSPS) is 23.6. The van der Waals surface area contributed by atoms with Gasteiger partial charge in [-0.1, -0.05) is 18.2 Å². The maximum atomic E-state index is 11.5. The third kappa shape index (κ3) is 1.61. The van der Waals surface area contributed by atoms with Gasteiger partial charge in [0.15, 0.2) is 0 Å². The Morgan fingerprint density at radius 3 is 2.94 bits per heavy atom. The quantitative estimate of drug-likeness (QED) is 0.841. The maximum absolute atomic E-state index is 11.5. The van der Waals surface area contributed by atoms with Crippen LogP contribution in [-0.2, 0) is 4.79 Å². The van der Waals surface area contributed by atoms with E-state index in [0.717, 1.165) is 28.8 Å². The predicted octanol–water partition coefficient (Wildman–Crippen LogP) is 1.53. The van der Waals surface area contributed by atoms with Crippen LogP contribution in [0.15, 0.2) is 28.7 Å². The Kier molecular flexibility index (Phi) is 2.59. The standard InChI is InChI=1S/C14H16N2O2/c1-8-13(9-4-2-3-5-12(9)18-8)10-6-16-7-11(10)14(15)17/h2-5,10-11,16H,6-7H2,1H3,(H2,15,17). The average Bonchev–Trinajstić information content (AvgIpc) is 2.91. The summed E-state index contributed by atoms with van der Waals surface area (Å²) in [5.74, 6) is 0.613. The molecule has 94 valence electrons. The molecule has 1 saturated heterocycles. The molecule has 0 saturated carbocycles. The molecule has 0 radical (unpaired) electrons. The van der Waals surface area contributed by atoms with Gasteiger partial charge in [-0.3, -0.25) is 4.79 Å². The van der Waals surface area contributed by atoms with Crippen molar-refractivity contribution >= 4 is 16.9 Å². The van der Waals surface area contributed by atoms with Gasteiger partial charge in [0.25, 0.3) is 0 Å². The molecule has 1 aromatic carbocycles. The summed E-state index contributed by atoms with van der Waals surface area (Å²) in [6, 6.07) is 7.93. The molecule has 0 spiro atoms. The third-order valence-electron chi connectivity index (χ3n) is 3.77. The first-order valence-electron chi connectivity index (χ1n) is 6.16. The number of amides is 1. The second-order valence-electron chi connectivity index (χ2n) is 4.84. The van der Waals surface area contributed by atoms with Crippen molar-refractivity contribution in [1.29, 1.82) is 0 Å². The van der Waals surface area contributed by atoms with Crippen molar-refractivity contribution in [2.45, 2.75) is 12.8 Å². The molecule has 18 heavy (non-hydrogen) atoms. The second kappa shape index (κ2) is 4.14. The van der Waals surface area contributed by atoms with E-state index in [1.54, 1.807) is 0 Å². The monoisotopic (exact) mass is 244 g/mol. The number of rotatable bonds is 2. The first-order chi connectivity index (χ1) is 8.68. The van der Waals surface area contributed by atoms with Crippen molar-refractivity contribution in [2.24, 2.45) is 11.7 Å². The van der Waals surface area contributed by atoms with Crippen LogP contribution in [0.25, 0.3) is 11.0 Å². The summed E-state index contributed by atoms with van der Waals surface area (Å²) in [6.45, 7) is 3.38. The van der Waals surface area contributed by atoms with Crippen LogP contribution in [-0.4, -0.2) is 19.0 Å². The lowest BCUT2D eigenvalue weighted by molar-refractivity contribution is -0.121. The Morgan fingerprint density at radius 1 is 1.39 bits per heavy atom. The molecule has 4 nitrogen and oxygen atoms in total. The number of carbonyl (C=O) groups is 1. The zero-order valence-corrected chi connectivity index (χ0v) is 10.3. The van der Waals surface area contributed by atoms with Gasteiger partial charge in [-0.15, -0.1) is 0 Å². The Bertz CT molecular complexity index is 603. The fourth-order valence-electron chi connectivity index (χ4n) is 2.93. The number of fused-ring (bicyclic) bond motifs is 1. The number of hydrogen-bond donors (Lipinski definition) is 2. The van der Waals surface area contributed by atoms with Gasteiger partial charge in [0.1, 0.15) is 11.3 Å². The summed E-state index contributed by atoms with van der Waals surface area (Å²) >= 11 is 0. The van der Waals surface area contributed by atoms with Gasteiger partial charge in [0.2, 0.25) is 5.91 Å². The van der Waals surface area contributed by atoms with E-state index in [1.165, 1.54) is 0 Å². The van der Waals surface area contributed by atoms with E-state index < -0.39 is 0 Å². The number of aryl methyl sites for hydroxylation is 1. The highest BCUT2D eigenvalue weighted by molar-refractivity contribution is 5.85. The summed E-state index contributed by atoms with van der Waals surface area (Å²) in [4.78, 5) is 11.5. The molecule has 1 aliphatic rings. The predicted molar refractivity (Wildman–Crippen MR) is 69.2 cm³/mol. The zero-order chi connectivity index (χ0) is 12.7. The summed E-state index contributed by atoms with van der Waals surface area (Å²) in [5, 5.41) is 4.33. The van der Waals surface area contributed by atoms with Crippen LogP contribution in [0.5, 0.6) is 0 Å². The Balaban J connectivity index is 2.13. The zero-order valence-electron chi connectivity index (χ0n) is 10.3. The lowest BCUT2D eigenvalue weighted by Crippen LogP contribution is -2.28. The highest BCUT2D eigenvalue weighted by atomic mass is 16.3. The molecule has 1 amide bonds. The lowest BCUT2D eigenvalue weighted by atomic mass is 9.87. The molecule has 0 aliphatic carbocycles. The molecule has 4 heteroatoms. The van der Waals surface area contributed by atoms with Gasteiger partial charge in [-0.2, -0.15) is 0 Å². The molecular formula is C14H16N2O2. The molecular weight excluding hydrogens is 228 g/mol. The fourth-order valence-corrected chi connectivity index (χ4v) is 2.93. The van der Waals surface area contributed by atoms with E-state index in [1.807, 2.05) is 31.2 Å². The SMILES string of the molecule is Cc1oc2ccccc2c1C1CNCC1C(N)=O. The number of primary amides is 1. The molecule has 2 atom stereocenters. The minimum atomic E-state index is -0.241. The van der Waals surface area contributed by atoms with Crippen LogP contribution in [0, 0.1) is 12.8 Å². The largest absolute Gasteiger partial charge is 0.461 e. The Labute approximate surface area is 105 Å². The third-order valence-corrected chi connectivity index (χ3v) is 3.77. The van der Waals surface area contributed by atoms with Gasteiger partial charge in [-0.25, -0.2) is 0 Å². The number of carbonyl (C=O) groups excluding carboxylic acids is 1. The summed E-state index contributed by atoms with van der Waals surface area (Å²) in [5.41, 5.74) is 7.48.